The molecule has 1 aromatic heterocycles. The van der Waals surface area contributed by atoms with Crippen molar-refractivity contribution in [1.29, 1.82) is 0 Å². The molecule has 1 N–H and O–H groups in total. The molecular formula is C22H21NO6. The number of para-hydroxylation sites is 1. The third-order valence-electron chi connectivity index (χ3n) is 4.22. The van der Waals surface area contributed by atoms with Gasteiger partial charge in [0.2, 0.25) is 0 Å². The van der Waals surface area contributed by atoms with Gasteiger partial charge in [-0.1, -0.05) is 12.1 Å². The summed E-state index contributed by atoms with van der Waals surface area (Å²) in [7, 11) is 3.00. The zero-order valence-electron chi connectivity index (χ0n) is 16.1. The standard InChI is InChI=1S/C22H21NO6/c1-26-20-10-9-15(12-21(20)27-2)19(24)14-29-22(25)17-7-3-4-8-18(17)23-13-16-6-5-11-28-16/h3-12,23H,13-14H2,1-2H3. The van der Waals surface area contributed by atoms with E-state index >= 15 is 0 Å². The van der Waals surface area contributed by atoms with E-state index in [1.165, 1.54) is 14.2 Å². The number of carbonyl (C=O) groups is 2. The number of hydrogen-bond acceptors (Lipinski definition) is 7. The summed E-state index contributed by atoms with van der Waals surface area (Å²) in [6.45, 7) is 0.0305. The van der Waals surface area contributed by atoms with Crippen LogP contribution in [0, 0.1) is 0 Å². The van der Waals surface area contributed by atoms with Gasteiger partial charge in [-0.05, 0) is 42.5 Å². The first-order valence-corrected chi connectivity index (χ1v) is 8.90. The van der Waals surface area contributed by atoms with Crippen molar-refractivity contribution in [3.05, 3.63) is 77.7 Å². The lowest BCUT2D eigenvalue weighted by molar-refractivity contribution is 0.0475. The first-order valence-electron chi connectivity index (χ1n) is 8.90. The van der Waals surface area contributed by atoms with Gasteiger partial charge in [0.05, 0.1) is 32.6 Å². The molecule has 2 aromatic carbocycles. The van der Waals surface area contributed by atoms with E-state index in [1.54, 1.807) is 54.8 Å². The largest absolute Gasteiger partial charge is 0.493 e. The van der Waals surface area contributed by atoms with E-state index in [0.29, 0.717) is 34.9 Å². The molecule has 29 heavy (non-hydrogen) atoms. The number of ether oxygens (including phenoxy) is 3. The number of anilines is 1. The highest BCUT2D eigenvalue weighted by Gasteiger charge is 2.16. The Morgan fingerprint density at radius 2 is 1.76 bits per heavy atom. The van der Waals surface area contributed by atoms with Crippen LogP contribution in [0.15, 0.2) is 65.3 Å². The molecule has 0 saturated carbocycles. The Labute approximate surface area is 168 Å². The van der Waals surface area contributed by atoms with Crippen LogP contribution in [0.4, 0.5) is 5.69 Å². The van der Waals surface area contributed by atoms with Crippen molar-refractivity contribution in [2.45, 2.75) is 6.54 Å². The van der Waals surface area contributed by atoms with E-state index in [2.05, 4.69) is 5.32 Å². The van der Waals surface area contributed by atoms with Gasteiger partial charge in [0.1, 0.15) is 5.76 Å². The Bertz CT molecular complexity index is 981. The SMILES string of the molecule is COc1ccc(C(=O)COC(=O)c2ccccc2NCc2ccco2)cc1OC. The van der Waals surface area contributed by atoms with Crippen molar-refractivity contribution in [2.75, 3.05) is 26.1 Å². The predicted molar refractivity (Wildman–Crippen MR) is 107 cm³/mol. The quantitative estimate of drug-likeness (QED) is 0.434. The molecule has 0 atom stereocenters. The molecule has 3 aromatic rings. The molecule has 3 rings (SSSR count). The average molecular weight is 395 g/mol. The number of ketones is 1. The van der Waals surface area contributed by atoms with E-state index in [0.717, 1.165) is 5.76 Å². The minimum absolute atomic E-state index is 0.333. The third-order valence-corrected chi connectivity index (χ3v) is 4.22. The Balaban J connectivity index is 1.64. The van der Waals surface area contributed by atoms with E-state index in [1.807, 2.05) is 6.07 Å². The molecule has 150 valence electrons. The van der Waals surface area contributed by atoms with Crippen LogP contribution in [0.5, 0.6) is 11.5 Å². The van der Waals surface area contributed by atoms with E-state index in [4.69, 9.17) is 18.6 Å². The number of esters is 1. The second-order valence-electron chi connectivity index (χ2n) is 6.05. The van der Waals surface area contributed by atoms with Crippen LogP contribution in [0.25, 0.3) is 0 Å². The average Bonchev–Trinajstić information content (AvgIpc) is 3.29. The summed E-state index contributed by atoms with van der Waals surface area (Å²) in [5, 5.41) is 3.13. The number of benzene rings is 2. The zero-order chi connectivity index (χ0) is 20.6. The highest BCUT2D eigenvalue weighted by atomic mass is 16.5. The first kappa shape index (κ1) is 20.0. The van der Waals surface area contributed by atoms with E-state index < -0.39 is 5.97 Å². The van der Waals surface area contributed by atoms with Crippen LogP contribution in [0.3, 0.4) is 0 Å². The predicted octanol–water partition coefficient (Wildman–Crippen LogP) is 3.95. The monoisotopic (exact) mass is 395 g/mol. The smallest absolute Gasteiger partial charge is 0.340 e. The number of nitrogens with one attached hydrogen (secondary N) is 1. The van der Waals surface area contributed by atoms with Gasteiger partial charge in [-0.3, -0.25) is 4.79 Å². The minimum Gasteiger partial charge on any atom is -0.493 e. The molecule has 1 heterocycles. The van der Waals surface area contributed by atoms with Crippen LogP contribution in [0.1, 0.15) is 26.5 Å². The third kappa shape index (κ3) is 4.95. The van der Waals surface area contributed by atoms with Gasteiger partial charge in [0.25, 0.3) is 0 Å². The second kappa shape index (κ2) is 9.45. The van der Waals surface area contributed by atoms with Gasteiger partial charge in [-0.2, -0.15) is 0 Å². The topological polar surface area (TPSA) is 87.0 Å². The summed E-state index contributed by atoms with van der Waals surface area (Å²) >= 11 is 0. The van der Waals surface area contributed by atoms with Crippen LogP contribution in [0.2, 0.25) is 0 Å². The Hall–Kier alpha value is -3.74. The van der Waals surface area contributed by atoms with Crippen LogP contribution < -0.4 is 14.8 Å². The summed E-state index contributed by atoms with van der Waals surface area (Å²) < 4.78 is 20.9. The normalized spacial score (nSPS) is 10.3. The maximum absolute atomic E-state index is 12.5. The van der Waals surface area contributed by atoms with Crippen molar-refractivity contribution in [3.63, 3.8) is 0 Å². The lowest BCUT2D eigenvalue weighted by atomic mass is 10.1. The maximum atomic E-state index is 12.5. The summed E-state index contributed by atoms with van der Waals surface area (Å²) in [5.41, 5.74) is 1.28. The Morgan fingerprint density at radius 1 is 0.966 bits per heavy atom. The fraction of sp³-hybridized carbons (Fsp3) is 0.182. The summed E-state index contributed by atoms with van der Waals surface area (Å²) in [6, 6.07) is 15.3. The van der Waals surface area contributed by atoms with Crippen molar-refractivity contribution in [3.8, 4) is 11.5 Å². The Kier molecular flexibility index (Phi) is 6.52. The maximum Gasteiger partial charge on any atom is 0.340 e. The molecule has 7 nitrogen and oxygen atoms in total. The highest BCUT2D eigenvalue weighted by Crippen LogP contribution is 2.27. The number of furan rings is 1. The molecule has 0 saturated heterocycles. The summed E-state index contributed by atoms with van der Waals surface area (Å²) in [6.07, 6.45) is 1.58. The Morgan fingerprint density at radius 3 is 2.48 bits per heavy atom. The molecule has 0 aliphatic rings. The highest BCUT2D eigenvalue weighted by molar-refractivity contribution is 6.01. The van der Waals surface area contributed by atoms with Gasteiger partial charge in [0.15, 0.2) is 23.9 Å². The minimum atomic E-state index is -0.596. The molecule has 0 spiro atoms. The number of hydrogen-bond donors (Lipinski definition) is 1. The lowest BCUT2D eigenvalue weighted by Gasteiger charge is -2.11. The van der Waals surface area contributed by atoms with E-state index in [9.17, 15) is 9.59 Å². The molecule has 0 amide bonds. The molecule has 0 aliphatic heterocycles. The molecule has 0 aliphatic carbocycles. The fourth-order valence-corrected chi connectivity index (χ4v) is 2.71. The molecule has 0 unspecified atom stereocenters. The van der Waals surface area contributed by atoms with Gasteiger partial charge in [-0.15, -0.1) is 0 Å². The number of methoxy groups -OCH3 is 2. The van der Waals surface area contributed by atoms with E-state index in [-0.39, 0.29) is 12.4 Å². The summed E-state index contributed by atoms with van der Waals surface area (Å²) in [5.74, 6) is 0.730. The van der Waals surface area contributed by atoms with Crippen molar-refractivity contribution in [1.82, 2.24) is 0 Å². The van der Waals surface area contributed by atoms with Crippen molar-refractivity contribution in [2.24, 2.45) is 0 Å². The lowest BCUT2D eigenvalue weighted by Crippen LogP contribution is -2.16. The summed E-state index contributed by atoms with van der Waals surface area (Å²) in [4.78, 5) is 24.9. The molecule has 0 bridgehead atoms. The van der Waals surface area contributed by atoms with Gasteiger partial charge in [0, 0.05) is 11.3 Å². The zero-order valence-corrected chi connectivity index (χ0v) is 16.1. The second-order valence-corrected chi connectivity index (χ2v) is 6.05. The number of carbonyl (C=O) groups excluding carboxylic acids is 2. The molecule has 0 radical (unpaired) electrons. The van der Waals surface area contributed by atoms with Crippen LogP contribution >= 0.6 is 0 Å². The van der Waals surface area contributed by atoms with Crippen LogP contribution in [-0.2, 0) is 11.3 Å². The van der Waals surface area contributed by atoms with Crippen LogP contribution in [-0.4, -0.2) is 32.6 Å². The fourth-order valence-electron chi connectivity index (χ4n) is 2.71. The number of Topliss-reactive ketones (excluding diaryl/α,β-unsaturated/α-hetero) is 1. The number of rotatable bonds is 9. The van der Waals surface area contributed by atoms with Crippen molar-refractivity contribution < 1.29 is 28.2 Å². The first-order chi connectivity index (χ1) is 14.1. The van der Waals surface area contributed by atoms with Gasteiger partial charge >= 0.3 is 5.97 Å². The van der Waals surface area contributed by atoms with Gasteiger partial charge in [-0.25, -0.2) is 4.79 Å². The molecule has 7 heteroatoms. The molecular weight excluding hydrogens is 374 g/mol. The van der Waals surface area contributed by atoms with Crippen molar-refractivity contribution >= 4 is 17.4 Å². The molecule has 0 fully saturated rings. The van der Waals surface area contributed by atoms with Gasteiger partial charge < -0.3 is 23.9 Å².